The van der Waals surface area contributed by atoms with Crippen molar-refractivity contribution in [2.24, 2.45) is 0 Å². The van der Waals surface area contributed by atoms with E-state index in [2.05, 4.69) is 10.6 Å². The Balaban J connectivity index is 1.58. The van der Waals surface area contributed by atoms with E-state index in [0.717, 1.165) is 12.8 Å². The van der Waals surface area contributed by atoms with Gasteiger partial charge in [-0.15, -0.1) is 0 Å². The minimum absolute atomic E-state index is 0.200. The highest BCUT2D eigenvalue weighted by atomic mass is 35.5. The number of nitrogens with one attached hydrogen (secondary N) is 2. The molecule has 3 aromatic rings. The molecular weight excluding hydrogens is 380 g/mol. The minimum Gasteiger partial charge on any atom is -0.497 e. The second-order valence-electron chi connectivity index (χ2n) is 6.79. The number of anilines is 1. The van der Waals surface area contributed by atoms with Crippen LogP contribution < -0.4 is 15.4 Å². The highest BCUT2D eigenvalue weighted by molar-refractivity contribution is 6.34. The van der Waals surface area contributed by atoms with Crippen molar-refractivity contribution in [1.29, 1.82) is 0 Å². The summed E-state index contributed by atoms with van der Waals surface area (Å²) in [7, 11) is 1.57. The predicted octanol–water partition coefficient (Wildman–Crippen LogP) is 4.55. The Morgan fingerprint density at radius 1 is 1.14 bits per heavy atom. The fraction of sp³-hybridized carbons (Fsp3) is 0.238. The molecule has 0 radical (unpaired) electrons. The lowest BCUT2D eigenvalue weighted by molar-refractivity contribution is 0.0950. The number of hydrogen-bond acceptors (Lipinski definition) is 4. The summed E-state index contributed by atoms with van der Waals surface area (Å²) in [6, 6.07) is 10.4. The maximum absolute atomic E-state index is 12.9. The third kappa shape index (κ3) is 3.55. The van der Waals surface area contributed by atoms with E-state index in [1.54, 1.807) is 50.4 Å². The molecule has 28 heavy (non-hydrogen) atoms. The van der Waals surface area contributed by atoms with Gasteiger partial charge in [0.2, 0.25) is 0 Å². The first kappa shape index (κ1) is 18.4. The summed E-state index contributed by atoms with van der Waals surface area (Å²) in [6.07, 6.45) is 2.00. The van der Waals surface area contributed by atoms with Crippen LogP contribution in [0.2, 0.25) is 5.02 Å². The molecule has 0 unspecified atom stereocenters. The average Bonchev–Trinajstić information content (AvgIpc) is 3.40. The zero-order chi connectivity index (χ0) is 19.8. The first-order chi connectivity index (χ1) is 13.5. The van der Waals surface area contributed by atoms with Crippen LogP contribution in [0.3, 0.4) is 0 Å². The molecule has 4 rings (SSSR count). The number of carbonyl (C=O) groups excluding carboxylic acids is 2. The van der Waals surface area contributed by atoms with Crippen molar-refractivity contribution >= 4 is 40.1 Å². The van der Waals surface area contributed by atoms with Crippen molar-refractivity contribution in [1.82, 2.24) is 5.32 Å². The molecule has 1 aliphatic rings. The standard InChI is InChI=1S/C21H19ClN2O4/c1-11-19(16-10-14(27-2)6-8-18(16)28-11)21(26)24-13-5-7-15(17(22)9-13)20(25)23-12-3-4-12/h5-10,12H,3-4H2,1-2H3,(H,23,25)(H,24,26). The Morgan fingerprint density at radius 2 is 1.93 bits per heavy atom. The molecule has 1 aromatic heterocycles. The largest absolute Gasteiger partial charge is 0.497 e. The number of methoxy groups -OCH3 is 1. The number of hydrogen-bond donors (Lipinski definition) is 2. The molecule has 144 valence electrons. The molecule has 1 saturated carbocycles. The SMILES string of the molecule is COc1ccc2oc(C)c(C(=O)Nc3ccc(C(=O)NC4CC4)c(Cl)c3)c2c1. The van der Waals surface area contributed by atoms with E-state index in [1.807, 2.05) is 0 Å². The van der Waals surface area contributed by atoms with Gasteiger partial charge in [-0.1, -0.05) is 11.6 Å². The fourth-order valence-electron chi connectivity index (χ4n) is 3.07. The molecular formula is C21H19ClN2O4. The Bertz CT molecular complexity index is 1090. The lowest BCUT2D eigenvalue weighted by Crippen LogP contribution is -2.25. The van der Waals surface area contributed by atoms with E-state index in [-0.39, 0.29) is 22.9 Å². The molecule has 6 nitrogen and oxygen atoms in total. The van der Waals surface area contributed by atoms with Crippen LogP contribution in [-0.2, 0) is 0 Å². The van der Waals surface area contributed by atoms with Gasteiger partial charge in [0.05, 0.1) is 23.3 Å². The number of amides is 2. The highest BCUT2D eigenvalue weighted by Gasteiger charge is 2.25. The van der Waals surface area contributed by atoms with Crippen LogP contribution in [0.5, 0.6) is 5.75 Å². The van der Waals surface area contributed by atoms with Gasteiger partial charge in [-0.2, -0.15) is 0 Å². The zero-order valence-corrected chi connectivity index (χ0v) is 16.2. The number of ether oxygens (including phenoxy) is 1. The van der Waals surface area contributed by atoms with Crippen LogP contribution in [0.25, 0.3) is 11.0 Å². The van der Waals surface area contributed by atoms with Gasteiger partial charge < -0.3 is 19.8 Å². The molecule has 1 fully saturated rings. The number of rotatable bonds is 5. The van der Waals surface area contributed by atoms with Crippen molar-refractivity contribution in [3.63, 3.8) is 0 Å². The van der Waals surface area contributed by atoms with E-state index < -0.39 is 0 Å². The summed E-state index contributed by atoms with van der Waals surface area (Å²) in [5.74, 6) is 0.619. The van der Waals surface area contributed by atoms with Crippen LogP contribution >= 0.6 is 11.6 Å². The number of carbonyl (C=O) groups is 2. The van der Waals surface area contributed by atoms with Crippen LogP contribution in [0, 0.1) is 6.92 Å². The lowest BCUT2D eigenvalue weighted by Gasteiger charge is -2.09. The number of aryl methyl sites for hydroxylation is 1. The van der Waals surface area contributed by atoms with E-state index in [1.165, 1.54) is 0 Å². The van der Waals surface area contributed by atoms with Gasteiger partial charge >= 0.3 is 0 Å². The molecule has 2 N–H and O–H groups in total. The Morgan fingerprint density at radius 3 is 2.61 bits per heavy atom. The second kappa shape index (κ2) is 7.20. The van der Waals surface area contributed by atoms with Gasteiger partial charge in [-0.3, -0.25) is 9.59 Å². The molecule has 0 bridgehead atoms. The summed E-state index contributed by atoms with van der Waals surface area (Å²) in [5.41, 5.74) is 1.92. The minimum atomic E-state index is -0.323. The molecule has 1 aliphatic carbocycles. The van der Waals surface area contributed by atoms with Gasteiger partial charge in [-0.25, -0.2) is 0 Å². The molecule has 0 spiro atoms. The summed E-state index contributed by atoms with van der Waals surface area (Å²) in [4.78, 5) is 25.0. The summed E-state index contributed by atoms with van der Waals surface area (Å²) >= 11 is 6.26. The first-order valence-corrected chi connectivity index (χ1v) is 9.33. The smallest absolute Gasteiger partial charge is 0.259 e. The Kier molecular flexibility index (Phi) is 4.73. The molecule has 0 saturated heterocycles. The van der Waals surface area contributed by atoms with E-state index >= 15 is 0 Å². The van der Waals surface area contributed by atoms with Gasteiger partial charge in [0.1, 0.15) is 17.1 Å². The second-order valence-corrected chi connectivity index (χ2v) is 7.20. The predicted molar refractivity (Wildman–Crippen MR) is 107 cm³/mol. The molecule has 2 aromatic carbocycles. The van der Waals surface area contributed by atoms with Gasteiger partial charge in [0, 0.05) is 17.1 Å². The lowest BCUT2D eigenvalue weighted by atomic mass is 10.1. The maximum atomic E-state index is 12.9. The molecule has 7 heteroatoms. The van der Waals surface area contributed by atoms with E-state index in [4.69, 9.17) is 20.8 Å². The molecule has 0 aliphatic heterocycles. The van der Waals surface area contributed by atoms with Crippen LogP contribution in [0.1, 0.15) is 39.3 Å². The Hall–Kier alpha value is -2.99. The van der Waals surface area contributed by atoms with Crippen molar-refractivity contribution in [2.75, 3.05) is 12.4 Å². The number of benzene rings is 2. The van der Waals surface area contributed by atoms with Crippen LogP contribution in [-0.4, -0.2) is 25.0 Å². The number of fused-ring (bicyclic) bond motifs is 1. The highest BCUT2D eigenvalue weighted by Crippen LogP contribution is 2.30. The van der Waals surface area contributed by atoms with Crippen molar-refractivity contribution in [3.05, 3.63) is 58.3 Å². The molecule has 0 atom stereocenters. The van der Waals surface area contributed by atoms with Crippen molar-refractivity contribution in [2.45, 2.75) is 25.8 Å². The third-order valence-electron chi connectivity index (χ3n) is 4.68. The topological polar surface area (TPSA) is 80.6 Å². The molecule has 2 amide bonds. The van der Waals surface area contributed by atoms with Crippen LogP contribution in [0.4, 0.5) is 5.69 Å². The van der Waals surface area contributed by atoms with Crippen molar-refractivity contribution in [3.8, 4) is 5.75 Å². The van der Waals surface area contributed by atoms with Gasteiger partial charge in [0.25, 0.3) is 11.8 Å². The third-order valence-corrected chi connectivity index (χ3v) is 5.00. The number of halogens is 1. The van der Waals surface area contributed by atoms with E-state index in [0.29, 0.717) is 39.3 Å². The Labute approximate surface area is 166 Å². The van der Waals surface area contributed by atoms with Crippen LogP contribution in [0.15, 0.2) is 40.8 Å². The quantitative estimate of drug-likeness (QED) is 0.660. The summed E-state index contributed by atoms with van der Waals surface area (Å²) in [6.45, 7) is 1.74. The average molecular weight is 399 g/mol. The maximum Gasteiger partial charge on any atom is 0.259 e. The molecule has 1 heterocycles. The fourth-order valence-corrected chi connectivity index (χ4v) is 3.34. The zero-order valence-electron chi connectivity index (χ0n) is 15.5. The van der Waals surface area contributed by atoms with Crippen molar-refractivity contribution < 1.29 is 18.7 Å². The van der Waals surface area contributed by atoms with E-state index in [9.17, 15) is 9.59 Å². The normalized spacial score (nSPS) is 13.4. The summed E-state index contributed by atoms with van der Waals surface area (Å²) < 4.78 is 10.9. The number of furan rings is 1. The first-order valence-electron chi connectivity index (χ1n) is 8.95. The van der Waals surface area contributed by atoms with Gasteiger partial charge in [-0.05, 0) is 56.2 Å². The monoisotopic (exact) mass is 398 g/mol. The van der Waals surface area contributed by atoms with Gasteiger partial charge in [0.15, 0.2) is 0 Å². The summed E-state index contributed by atoms with van der Waals surface area (Å²) in [5, 5.41) is 6.67.